The first-order chi connectivity index (χ1) is 6.76. The van der Waals surface area contributed by atoms with Gasteiger partial charge in [0.1, 0.15) is 5.01 Å². The number of thiazole rings is 1. The fourth-order valence-electron chi connectivity index (χ4n) is 1.47. The fraction of sp³-hybridized carbons (Fsp3) is 0.700. The van der Waals surface area contributed by atoms with Crippen molar-refractivity contribution in [3.05, 3.63) is 16.6 Å². The van der Waals surface area contributed by atoms with Crippen molar-refractivity contribution in [3.63, 3.8) is 0 Å². The van der Waals surface area contributed by atoms with Crippen LogP contribution in [0, 0.1) is 5.41 Å². The Morgan fingerprint density at radius 2 is 2.50 bits per heavy atom. The van der Waals surface area contributed by atoms with Gasteiger partial charge in [-0.1, -0.05) is 0 Å². The number of nitrogens with zero attached hydrogens (tertiary/aromatic N) is 1. The molecule has 1 unspecified atom stereocenters. The molecule has 1 atom stereocenters. The van der Waals surface area contributed by atoms with Crippen LogP contribution in [0.2, 0.25) is 0 Å². The molecule has 2 rings (SSSR count). The van der Waals surface area contributed by atoms with Crippen molar-refractivity contribution >= 4 is 11.3 Å². The van der Waals surface area contributed by atoms with Crippen LogP contribution >= 0.6 is 11.3 Å². The average molecular weight is 212 g/mol. The van der Waals surface area contributed by atoms with E-state index in [9.17, 15) is 0 Å². The third-order valence-electron chi connectivity index (χ3n) is 2.90. The monoisotopic (exact) mass is 212 g/mol. The van der Waals surface area contributed by atoms with Crippen LogP contribution in [-0.4, -0.2) is 23.2 Å². The van der Waals surface area contributed by atoms with Crippen molar-refractivity contribution in [2.24, 2.45) is 5.41 Å². The summed E-state index contributed by atoms with van der Waals surface area (Å²) in [5.74, 6) is 0. The molecule has 0 amide bonds. The Morgan fingerprint density at radius 1 is 1.71 bits per heavy atom. The summed E-state index contributed by atoms with van der Waals surface area (Å²) >= 11 is 1.67. The topological polar surface area (TPSA) is 45.1 Å². The lowest BCUT2D eigenvalue weighted by Gasteiger charge is -2.16. The number of hydrogen-bond acceptors (Lipinski definition) is 4. The average Bonchev–Trinajstić information content (AvgIpc) is 2.78. The molecule has 1 saturated carbocycles. The highest BCUT2D eigenvalue weighted by Gasteiger charge is 2.41. The van der Waals surface area contributed by atoms with Gasteiger partial charge in [0.15, 0.2) is 0 Å². The van der Waals surface area contributed by atoms with E-state index >= 15 is 0 Å². The first kappa shape index (κ1) is 10.1. The van der Waals surface area contributed by atoms with Crippen molar-refractivity contribution < 1.29 is 5.11 Å². The van der Waals surface area contributed by atoms with E-state index in [0.717, 1.165) is 24.4 Å². The van der Waals surface area contributed by atoms with Crippen LogP contribution in [0.25, 0.3) is 0 Å². The highest BCUT2D eigenvalue weighted by molar-refractivity contribution is 7.09. The minimum atomic E-state index is 0.186. The number of aromatic nitrogens is 1. The number of hydrogen-bond donors (Lipinski definition) is 2. The predicted octanol–water partition coefficient (Wildman–Crippen LogP) is 1.57. The van der Waals surface area contributed by atoms with Crippen molar-refractivity contribution in [2.75, 3.05) is 13.2 Å². The van der Waals surface area contributed by atoms with Crippen LogP contribution in [0.5, 0.6) is 0 Å². The zero-order valence-electron chi connectivity index (χ0n) is 8.36. The van der Waals surface area contributed by atoms with E-state index in [-0.39, 0.29) is 5.41 Å². The number of rotatable bonds is 5. The molecule has 0 aromatic carbocycles. The molecular formula is C10H16N2OS. The lowest BCUT2D eigenvalue weighted by molar-refractivity contribution is 0.204. The summed E-state index contributed by atoms with van der Waals surface area (Å²) in [5.41, 5.74) is 0.186. The summed E-state index contributed by atoms with van der Waals surface area (Å²) in [7, 11) is 0. The Morgan fingerprint density at radius 3 is 3.00 bits per heavy atom. The molecule has 1 fully saturated rings. The maximum atomic E-state index is 9.15. The standard InChI is InChI=1S/C10H16N2OS/c1-8(9-11-4-5-14-9)12-6-10(7-13)2-3-10/h4-5,8,12-13H,2-3,6-7H2,1H3. The third kappa shape index (κ3) is 2.13. The Labute approximate surface area is 88.2 Å². The molecule has 1 aromatic rings. The summed E-state index contributed by atoms with van der Waals surface area (Å²) in [6.45, 7) is 3.33. The van der Waals surface area contributed by atoms with Gasteiger partial charge in [-0.3, -0.25) is 0 Å². The summed E-state index contributed by atoms with van der Waals surface area (Å²) < 4.78 is 0. The van der Waals surface area contributed by atoms with Gasteiger partial charge in [0.2, 0.25) is 0 Å². The molecular weight excluding hydrogens is 196 g/mol. The Bertz CT molecular complexity index is 282. The van der Waals surface area contributed by atoms with Gasteiger partial charge in [0, 0.05) is 30.1 Å². The zero-order valence-corrected chi connectivity index (χ0v) is 9.18. The predicted molar refractivity (Wildman–Crippen MR) is 57.3 cm³/mol. The van der Waals surface area contributed by atoms with E-state index in [1.807, 2.05) is 11.6 Å². The van der Waals surface area contributed by atoms with Gasteiger partial charge < -0.3 is 10.4 Å². The highest BCUT2D eigenvalue weighted by atomic mass is 32.1. The molecule has 1 aliphatic carbocycles. The lowest BCUT2D eigenvalue weighted by Crippen LogP contribution is -2.28. The SMILES string of the molecule is CC(NCC1(CO)CC1)c1nccs1. The van der Waals surface area contributed by atoms with Crippen LogP contribution in [0.15, 0.2) is 11.6 Å². The second-order valence-corrected chi connectivity index (χ2v) is 5.06. The normalized spacial score (nSPS) is 20.7. The van der Waals surface area contributed by atoms with E-state index in [1.165, 1.54) is 0 Å². The minimum absolute atomic E-state index is 0.186. The third-order valence-corrected chi connectivity index (χ3v) is 3.86. The number of aliphatic hydroxyl groups excluding tert-OH is 1. The van der Waals surface area contributed by atoms with Gasteiger partial charge in [-0.15, -0.1) is 11.3 Å². The summed E-state index contributed by atoms with van der Waals surface area (Å²) in [6.07, 6.45) is 4.14. The molecule has 4 heteroatoms. The number of aliphatic hydroxyl groups is 1. The molecule has 0 spiro atoms. The smallest absolute Gasteiger partial charge is 0.109 e. The first-order valence-corrected chi connectivity index (χ1v) is 5.87. The Balaban J connectivity index is 1.81. The van der Waals surface area contributed by atoms with E-state index in [0.29, 0.717) is 12.6 Å². The molecule has 2 N–H and O–H groups in total. The van der Waals surface area contributed by atoms with E-state index in [4.69, 9.17) is 5.11 Å². The Hall–Kier alpha value is -0.450. The molecule has 1 heterocycles. The van der Waals surface area contributed by atoms with Crippen LogP contribution < -0.4 is 5.32 Å². The zero-order chi connectivity index (χ0) is 10.0. The summed E-state index contributed by atoms with van der Waals surface area (Å²) in [5, 5.41) is 15.7. The van der Waals surface area contributed by atoms with E-state index in [1.54, 1.807) is 11.3 Å². The lowest BCUT2D eigenvalue weighted by atomic mass is 10.1. The van der Waals surface area contributed by atoms with Gasteiger partial charge in [-0.25, -0.2) is 4.98 Å². The molecule has 0 aliphatic heterocycles. The van der Waals surface area contributed by atoms with Gasteiger partial charge in [-0.2, -0.15) is 0 Å². The molecule has 3 nitrogen and oxygen atoms in total. The van der Waals surface area contributed by atoms with Crippen molar-refractivity contribution in [3.8, 4) is 0 Å². The maximum absolute atomic E-state index is 9.15. The van der Waals surface area contributed by atoms with Crippen molar-refractivity contribution in [1.29, 1.82) is 0 Å². The van der Waals surface area contributed by atoms with E-state index in [2.05, 4.69) is 17.2 Å². The number of nitrogens with one attached hydrogen (secondary N) is 1. The largest absolute Gasteiger partial charge is 0.396 e. The molecule has 0 radical (unpaired) electrons. The molecule has 0 saturated heterocycles. The molecule has 78 valence electrons. The Kier molecular flexibility index (Phi) is 2.85. The van der Waals surface area contributed by atoms with Crippen LogP contribution in [0.1, 0.15) is 30.8 Å². The quantitative estimate of drug-likeness (QED) is 0.778. The molecule has 1 aliphatic rings. The maximum Gasteiger partial charge on any atom is 0.109 e. The molecule has 1 aromatic heterocycles. The molecule has 0 bridgehead atoms. The second kappa shape index (κ2) is 3.96. The second-order valence-electron chi connectivity index (χ2n) is 4.13. The van der Waals surface area contributed by atoms with Gasteiger partial charge in [0.05, 0.1) is 6.04 Å². The van der Waals surface area contributed by atoms with E-state index < -0.39 is 0 Å². The van der Waals surface area contributed by atoms with Crippen molar-refractivity contribution in [1.82, 2.24) is 10.3 Å². The minimum Gasteiger partial charge on any atom is -0.396 e. The summed E-state index contributed by atoms with van der Waals surface area (Å²) in [6, 6.07) is 0.305. The fourth-order valence-corrected chi connectivity index (χ4v) is 2.14. The van der Waals surface area contributed by atoms with Gasteiger partial charge in [0.25, 0.3) is 0 Å². The first-order valence-electron chi connectivity index (χ1n) is 4.99. The van der Waals surface area contributed by atoms with Gasteiger partial charge >= 0.3 is 0 Å². The summed E-state index contributed by atoms with van der Waals surface area (Å²) in [4.78, 5) is 4.26. The van der Waals surface area contributed by atoms with Crippen molar-refractivity contribution in [2.45, 2.75) is 25.8 Å². The van der Waals surface area contributed by atoms with Gasteiger partial charge in [-0.05, 0) is 19.8 Å². The van der Waals surface area contributed by atoms with Crippen LogP contribution in [0.4, 0.5) is 0 Å². The van der Waals surface area contributed by atoms with Crippen LogP contribution in [-0.2, 0) is 0 Å². The van der Waals surface area contributed by atoms with Crippen LogP contribution in [0.3, 0.4) is 0 Å². The molecule has 14 heavy (non-hydrogen) atoms. The highest BCUT2D eigenvalue weighted by Crippen LogP contribution is 2.44.